The van der Waals surface area contributed by atoms with E-state index in [1.54, 1.807) is 19.1 Å². The maximum Gasteiger partial charge on any atom is 0.244 e. The molecule has 1 unspecified atom stereocenters. The van der Waals surface area contributed by atoms with Crippen molar-refractivity contribution in [2.24, 2.45) is 10.9 Å². The second-order valence-electron chi connectivity index (χ2n) is 5.07. The summed E-state index contributed by atoms with van der Waals surface area (Å²) in [5.41, 5.74) is 7.18. The van der Waals surface area contributed by atoms with E-state index in [-0.39, 0.29) is 10.7 Å². The molecule has 110 valence electrons. The van der Waals surface area contributed by atoms with Gasteiger partial charge in [0.1, 0.15) is 0 Å². The van der Waals surface area contributed by atoms with Gasteiger partial charge in [0, 0.05) is 6.54 Å². The van der Waals surface area contributed by atoms with Gasteiger partial charge >= 0.3 is 0 Å². The SMILES string of the molecule is Cc1ccc(C)c(S(=O)(=O)N2CCCC2C(N)=NO)c1. The minimum atomic E-state index is -3.63. The van der Waals surface area contributed by atoms with Gasteiger partial charge in [0.15, 0.2) is 5.84 Å². The van der Waals surface area contributed by atoms with Crippen molar-refractivity contribution >= 4 is 15.9 Å². The summed E-state index contributed by atoms with van der Waals surface area (Å²) in [7, 11) is -3.63. The molecular formula is C13H19N3O3S. The molecule has 0 radical (unpaired) electrons. The highest BCUT2D eigenvalue weighted by Crippen LogP contribution is 2.28. The fraction of sp³-hybridized carbons (Fsp3) is 0.462. The van der Waals surface area contributed by atoms with Gasteiger partial charge in [-0.2, -0.15) is 4.31 Å². The number of nitrogens with two attached hydrogens (primary N) is 1. The molecule has 1 atom stereocenters. The van der Waals surface area contributed by atoms with E-state index in [2.05, 4.69) is 5.16 Å². The second kappa shape index (κ2) is 5.41. The van der Waals surface area contributed by atoms with Crippen LogP contribution in [0, 0.1) is 13.8 Å². The van der Waals surface area contributed by atoms with Gasteiger partial charge < -0.3 is 10.9 Å². The predicted molar refractivity (Wildman–Crippen MR) is 76.2 cm³/mol. The first kappa shape index (κ1) is 14.8. The van der Waals surface area contributed by atoms with Gasteiger partial charge in [-0.05, 0) is 43.9 Å². The number of aryl methyl sites for hydroxylation is 2. The highest BCUT2D eigenvalue weighted by Gasteiger charge is 2.38. The molecule has 0 spiro atoms. The minimum Gasteiger partial charge on any atom is -0.409 e. The first-order valence-corrected chi connectivity index (χ1v) is 7.88. The zero-order valence-electron chi connectivity index (χ0n) is 11.6. The van der Waals surface area contributed by atoms with Crippen molar-refractivity contribution in [3.05, 3.63) is 29.3 Å². The molecule has 3 N–H and O–H groups in total. The topological polar surface area (TPSA) is 96.0 Å². The Morgan fingerprint density at radius 3 is 2.80 bits per heavy atom. The third kappa shape index (κ3) is 2.51. The van der Waals surface area contributed by atoms with Crippen LogP contribution in [-0.4, -0.2) is 36.4 Å². The summed E-state index contributed by atoms with van der Waals surface area (Å²) < 4.78 is 26.9. The maximum atomic E-state index is 12.8. The quantitative estimate of drug-likeness (QED) is 0.379. The summed E-state index contributed by atoms with van der Waals surface area (Å²) in [4.78, 5) is 0.287. The lowest BCUT2D eigenvalue weighted by Crippen LogP contribution is -2.44. The molecule has 20 heavy (non-hydrogen) atoms. The lowest BCUT2D eigenvalue weighted by atomic mass is 10.2. The summed E-state index contributed by atoms with van der Waals surface area (Å²) in [5.74, 6) is -0.0589. The van der Waals surface area contributed by atoms with Gasteiger partial charge in [0.25, 0.3) is 0 Å². The zero-order chi connectivity index (χ0) is 14.9. The van der Waals surface area contributed by atoms with Crippen LogP contribution >= 0.6 is 0 Å². The van der Waals surface area contributed by atoms with E-state index in [1.807, 2.05) is 13.0 Å². The first-order valence-electron chi connectivity index (χ1n) is 6.44. The molecule has 7 heteroatoms. The van der Waals surface area contributed by atoms with Crippen molar-refractivity contribution in [2.45, 2.75) is 37.6 Å². The standard InChI is InChI=1S/C13H19N3O3S/c1-9-5-6-10(2)12(8-9)20(18,19)16-7-3-4-11(16)13(14)15-17/h5-6,8,11,17H,3-4,7H2,1-2H3,(H2,14,15). The molecule has 0 saturated carbocycles. The van der Waals surface area contributed by atoms with Crippen LogP contribution in [0.4, 0.5) is 0 Å². The maximum absolute atomic E-state index is 12.8. The van der Waals surface area contributed by atoms with Crippen molar-refractivity contribution in [3.63, 3.8) is 0 Å². The lowest BCUT2D eigenvalue weighted by Gasteiger charge is -2.24. The highest BCUT2D eigenvalue weighted by atomic mass is 32.2. The molecule has 0 amide bonds. The molecule has 1 saturated heterocycles. The van der Waals surface area contributed by atoms with E-state index < -0.39 is 16.1 Å². The van der Waals surface area contributed by atoms with Crippen LogP contribution in [0.2, 0.25) is 0 Å². The Bertz CT molecular complexity index is 640. The van der Waals surface area contributed by atoms with E-state index in [0.29, 0.717) is 24.9 Å². The molecule has 1 fully saturated rings. The van der Waals surface area contributed by atoms with Gasteiger partial charge in [-0.1, -0.05) is 17.3 Å². The first-order chi connectivity index (χ1) is 9.37. The van der Waals surface area contributed by atoms with Crippen molar-refractivity contribution < 1.29 is 13.6 Å². The average Bonchev–Trinajstić information content (AvgIpc) is 2.90. The van der Waals surface area contributed by atoms with Crippen molar-refractivity contribution in [3.8, 4) is 0 Å². The number of rotatable bonds is 3. The number of nitrogens with zero attached hydrogens (tertiary/aromatic N) is 2. The number of hydrogen-bond donors (Lipinski definition) is 2. The molecule has 0 bridgehead atoms. The van der Waals surface area contributed by atoms with Crippen molar-refractivity contribution in [2.75, 3.05) is 6.54 Å². The molecule has 1 aromatic rings. The van der Waals surface area contributed by atoms with Crippen molar-refractivity contribution in [1.82, 2.24) is 4.31 Å². The van der Waals surface area contributed by atoms with Crippen LogP contribution in [0.25, 0.3) is 0 Å². The largest absolute Gasteiger partial charge is 0.409 e. The molecule has 1 aliphatic heterocycles. The number of sulfonamides is 1. The fourth-order valence-corrected chi connectivity index (χ4v) is 4.48. The van der Waals surface area contributed by atoms with E-state index in [1.165, 1.54) is 4.31 Å². The van der Waals surface area contributed by atoms with Gasteiger partial charge in [-0.3, -0.25) is 0 Å². The van der Waals surface area contributed by atoms with Crippen LogP contribution in [0.1, 0.15) is 24.0 Å². The van der Waals surface area contributed by atoms with E-state index >= 15 is 0 Å². The van der Waals surface area contributed by atoms with Crippen LogP contribution < -0.4 is 5.73 Å². The molecule has 6 nitrogen and oxygen atoms in total. The average molecular weight is 297 g/mol. The summed E-state index contributed by atoms with van der Waals surface area (Å²) in [6, 6.07) is 4.76. The van der Waals surface area contributed by atoms with Crippen LogP contribution in [0.15, 0.2) is 28.3 Å². The number of benzene rings is 1. The summed E-state index contributed by atoms with van der Waals surface area (Å²) in [5, 5.41) is 11.7. The van der Waals surface area contributed by atoms with Gasteiger partial charge in [-0.25, -0.2) is 8.42 Å². The molecule has 1 heterocycles. The van der Waals surface area contributed by atoms with E-state index in [4.69, 9.17) is 10.9 Å². The Balaban J connectivity index is 2.47. The second-order valence-corrected chi connectivity index (χ2v) is 6.93. The molecule has 1 aromatic carbocycles. The fourth-order valence-electron chi connectivity index (χ4n) is 2.50. The molecule has 2 rings (SSSR count). The zero-order valence-corrected chi connectivity index (χ0v) is 12.4. The van der Waals surface area contributed by atoms with Gasteiger partial charge in [0.05, 0.1) is 10.9 Å². The van der Waals surface area contributed by atoms with Gasteiger partial charge in [-0.15, -0.1) is 0 Å². The van der Waals surface area contributed by atoms with Crippen LogP contribution in [0.3, 0.4) is 0 Å². The van der Waals surface area contributed by atoms with Crippen molar-refractivity contribution in [1.29, 1.82) is 0 Å². The smallest absolute Gasteiger partial charge is 0.244 e. The molecule has 1 aliphatic rings. The Labute approximate surface area is 118 Å². The van der Waals surface area contributed by atoms with E-state index in [0.717, 1.165) is 5.56 Å². The Morgan fingerprint density at radius 2 is 2.15 bits per heavy atom. The highest BCUT2D eigenvalue weighted by molar-refractivity contribution is 7.89. The molecule has 0 aliphatic carbocycles. The van der Waals surface area contributed by atoms with Gasteiger partial charge in [0.2, 0.25) is 10.0 Å². The van der Waals surface area contributed by atoms with Crippen LogP contribution in [-0.2, 0) is 10.0 Å². The van der Waals surface area contributed by atoms with Crippen LogP contribution in [0.5, 0.6) is 0 Å². The molecule has 0 aromatic heterocycles. The van der Waals surface area contributed by atoms with E-state index in [9.17, 15) is 8.42 Å². The Kier molecular flexibility index (Phi) is 4.01. The number of amidine groups is 1. The number of hydrogen-bond acceptors (Lipinski definition) is 4. The molecular weight excluding hydrogens is 278 g/mol. The minimum absolute atomic E-state index is 0.0589. The lowest BCUT2D eigenvalue weighted by molar-refractivity contribution is 0.311. The summed E-state index contributed by atoms with van der Waals surface area (Å²) >= 11 is 0. The third-order valence-corrected chi connectivity index (χ3v) is 5.64. The summed E-state index contributed by atoms with van der Waals surface area (Å²) in [6.45, 7) is 4.00. The Hall–Kier alpha value is -1.60. The number of oxime groups is 1. The monoisotopic (exact) mass is 297 g/mol. The normalized spacial score (nSPS) is 21.3. The summed E-state index contributed by atoms with van der Waals surface area (Å²) in [6.07, 6.45) is 1.27. The Morgan fingerprint density at radius 1 is 1.45 bits per heavy atom. The third-order valence-electron chi connectivity index (χ3n) is 3.59. The predicted octanol–water partition coefficient (Wildman–Crippen LogP) is 1.20.